The Balaban J connectivity index is 1.58. The van der Waals surface area contributed by atoms with Gasteiger partial charge in [0.15, 0.2) is 0 Å². The normalized spacial score (nSPS) is 10.8. The number of aryl methyl sites for hydroxylation is 1. The highest BCUT2D eigenvalue weighted by molar-refractivity contribution is 7.09. The number of hydrogen-bond donors (Lipinski definition) is 1. The average molecular weight is 368 g/mol. The standard InChI is InChI=1S/C20H17FN2O2S/c1-14-22-18(13-26-14)12-25-19-7-2-4-15(10-19)8-9-20(24)23-17-6-3-5-16(21)11-17/h2-11,13H,12H2,1H3,(H,23,24)/b9-8+. The summed E-state index contributed by atoms with van der Waals surface area (Å²) >= 11 is 1.59. The Bertz CT molecular complexity index is 937. The van der Waals surface area contributed by atoms with E-state index in [1.54, 1.807) is 29.5 Å². The van der Waals surface area contributed by atoms with Crippen LogP contribution in [0.1, 0.15) is 16.3 Å². The quantitative estimate of drug-likeness (QED) is 0.635. The van der Waals surface area contributed by atoms with Crippen LogP contribution >= 0.6 is 11.3 Å². The molecule has 0 aliphatic rings. The van der Waals surface area contributed by atoms with Crippen LogP contribution in [0.4, 0.5) is 10.1 Å². The van der Waals surface area contributed by atoms with Gasteiger partial charge in [0.25, 0.3) is 0 Å². The maximum atomic E-state index is 13.1. The molecule has 0 bridgehead atoms. The number of aromatic nitrogens is 1. The van der Waals surface area contributed by atoms with Crippen molar-refractivity contribution >= 4 is 29.0 Å². The van der Waals surface area contributed by atoms with E-state index in [-0.39, 0.29) is 5.91 Å². The zero-order valence-electron chi connectivity index (χ0n) is 14.1. The van der Waals surface area contributed by atoms with E-state index in [4.69, 9.17) is 4.74 Å². The maximum Gasteiger partial charge on any atom is 0.248 e. The number of amides is 1. The van der Waals surface area contributed by atoms with Crippen LogP contribution in [0.3, 0.4) is 0 Å². The van der Waals surface area contributed by atoms with Crippen LogP contribution in [0.2, 0.25) is 0 Å². The van der Waals surface area contributed by atoms with Gasteiger partial charge in [-0.2, -0.15) is 0 Å². The first-order valence-corrected chi connectivity index (χ1v) is 8.85. The molecule has 1 heterocycles. The number of halogens is 1. The Labute approximate surface area is 155 Å². The van der Waals surface area contributed by atoms with E-state index in [2.05, 4.69) is 10.3 Å². The highest BCUT2D eigenvalue weighted by Gasteiger charge is 2.02. The summed E-state index contributed by atoms with van der Waals surface area (Å²) in [4.78, 5) is 16.3. The molecule has 2 aromatic carbocycles. The molecule has 0 unspecified atom stereocenters. The van der Waals surface area contributed by atoms with E-state index in [0.29, 0.717) is 18.0 Å². The highest BCUT2D eigenvalue weighted by atomic mass is 32.1. The molecule has 0 aliphatic heterocycles. The number of nitrogens with one attached hydrogen (secondary N) is 1. The number of hydrogen-bond acceptors (Lipinski definition) is 4. The Morgan fingerprint density at radius 1 is 1.27 bits per heavy atom. The maximum absolute atomic E-state index is 13.1. The lowest BCUT2D eigenvalue weighted by Gasteiger charge is -2.05. The summed E-state index contributed by atoms with van der Waals surface area (Å²) in [6.45, 7) is 2.35. The summed E-state index contributed by atoms with van der Waals surface area (Å²) in [6.07, 6.45) is 3.07. The molecular weight excluding hydrogens is 351 g/mol. The lowest BCUT2D eigenvalue weighted by molar-refractivity contribution is -0.111. The molecule has 4 nitrogen and oxygen atoms in total. The van der Waals surface area contributed by atoms with Crippen molar-refractivity contribution in [1.29, 1.82) is 0 Å². The van der Waals surface area contributed by atoms with Gasteiger partial charge in [-0.05, 0) is 48.9 Å². The summed E-state index contributed by atoms with van der Waals surface area (Å²) in [5.41, 5.74) is 2.13. The van der Waals surface area contributed by atoms with Crippen molar-refractivity contribution in [2.45, 2.75) is 13.5 Å². The number of carbonyl (C=O) groups excluding carboxylic acids is 1. The number of thiazole rings is 1. The van der Waals surface area contributed by atoms with Gasteiger partial charge in [0.1, 0.15) is 18.2 Å². The molecule has 0 saturated heterocycles. The molecule has 3 aromatic rings. The van der Waals surface area contributed by atoms with Gasteiger partial charge < -0.3 is 10.1 Å². The first-order valence-electron chi connectivity index (χ1n) is 7.97. The van der Waals surface area contributed by atoms with Crippen molar-refractivity contribution in [3.8, 4) is 5.75 Å². The van der Waals surface area contributed by atoms with Crippen LogP contribution in [0.15, 0.2) is 60.0 Å². The highest BCUT2D eigenvalue weighted by Crippen LogP contribution is 2.17. The third kappa shape index (κ3) is 5.26. The van der Waals surface area contributed by atoms with Crippen LogP contribution in [0.5, 0.6) is 5.75 Å². The third-order valence-corrected chi connectivity index (χ3v) is 4.25. The van der Waals surface area contributed by atoms with Gasteiger partial charge in [0.05, 0.1) is 10.7 Å². The zero-order chi connectivity index (χ0) is 18.4. The molecule has 0 radical (unpaired) electrons. The summed E-state index contributed by atoms with van der Waals surface area (Å²) in [5.74, 6) is -0.0323. The fourth-order valence-electron chi connectivity index (χ4n) is 2.26. The molecular formula is C20H17FN2O2S. The van der Waals surface area contributed by atoms with Crippen molar-refractivity contribution in [2.24, 2.45) is 0 Å². The zero-order valence-corrected chi connectivity index (χ0v) is 14.9. The fraction of sp³-hybridized carbons (Fsp3) is 0.100. The second-order valence-corrected chi connectivity index (χ2v) is 6.61. The number of rotatable bonds is 6. The van der Waals surface area contributed by atoms with Crippen LogP contribution in [-0.4, -0.2) is 10.9 Å². The summed E-state index contributed by atoms with van der Waals surface area (Å²) in [6, 6.07) is 13.2. The molecule has 0 atom stereocenters. The van der Waals surface area contributed by atoms with Crippen LogP contribution in [0.25, 0.3) is 6.08 Å². The summed E-state index contributed by atoms with van der Waals surface area (Å²) < 4.78 is 18.9. The van der Waals surface area contributed by atoms with Crippen molar-refractivity contribution < 1.29 is 13.9 Å². The topological polar surface area (TPSA) is 51.2 Å². The Hall–Kier alpha value is -2.99. The lowest BCUT2D eigenvalue weighted by Crippen LogP contribution is -2.07. The predicted molar refractivity (Wildman–Crippen MR) is 102 cm³/mol. The van der Waals surface area contributed by atoms with E-state index >= 15 is 0 Å². The number of anilines is 1. The fourth-order valence-corrected chi connectivity index (χ4v) is 2.86. The summed E-state index contributed by atoms with van der Waals surface area (Å²) in [5, 5.41) is 5.58. The summed E-state index contributed by atoms with van der Waals surface area (Å²) in [7, 11) is 0. The van der Waals surface area contributed by atoms with Crippen molar-refractivity contribution in [3.63, 3.8) is 0 Å². The lowest BCUT2D eigenvalue weighted by atomic mass is 10.2. The van der Waals surface area contributed by atoms with Crippen molar-refractivity contribution in [3.05, 3.63) is 82.1 Å². The molecule has 1 aromatic heterocycles. The Morgan fingerprint density at radius 3 is 2.88 bits per heavy atom. The minimum absolute atomic E-state index is 0.333. The molecule has 1 amide bonds. The Kier molecular flexibility index (Phi) is 5.76. The van der Waals surface area contributed by atoms with Crippen molar-refractivity contribution in [2.75, 3.05) is 5.32 Å². The molecule has 132 valence electrons. The number of ether oxygens (including phenoxy) is 1. The van der Waals surface area contributed by atoms with Crippen molar-refractivity contribution in [1.82, 2.24) is 4.98 Å². The predicted octanol–water partition coefficient (Wildman–Crippen LogP) is 4.82. The second-order valence-electron chi connectivity index (χ2n) is 5.55. The van der Waals surface area contributed by atoms with Crippen LogP contribution in [-0.2, 0) is 11.4 Å². The van der Waals surface area contributed by atoms with Gasteiger partial charge in [-0.1, -0.05) is 18.2 Å². The van der Waals surface area contributed by atoms with Gasteiger partial charge >= 0.3 is 0 Å². The van der Waals surface area contributed by atoms with Gasteiger partial charge in [0, 0.05) is 17.1 Å². The third-order valence-electron chi connectivity index (χ3n) is 3.43. The minimum atomic E-state index is -0.396. The van der Waals surface area contributed by atoms with Crippen LogP contribution in [0, 0.1) is 12.7 Å². The Morgan fingerprint density at radius 2 is 2.12 bits per heavy atom. The first-order chi connectivity index (χ1) is 12.6. The number of nitrogens with zero attached hydrogens (tertiary/aromatic N) is 1. The molecule has 0 aliphatic carbocycles. The van der Waals surface area contributed by atoms with E-state index in [9.17, 15) is 9.18 Å². The molecule has 1 N–H and O–H groups in total. The monoisotopic (exact) mass is 368 g/mol. The SMILES string of the molecule is Cc1nc(COc2cccc(/C=C/C(=O)Nc3cccc(F)c3)c2)cs1. The average Bonchev–Trinajstić information content (AvgIpc) is 3.04. The smallest absolute Gasteiger partial charge is 0.248 e. The molecule has 0 fully saturated rings. The first kappa shape index (κ1) is 17.8. The minimum Gasteiger partial charge on any atom is -0.487 e. The second kappa shape index (κ2) is 8.40. The molecule has 6 heteroatoms. The van der Waals surface area contributed by atoms with Gasteiger partial charge in [-0.15, -0.1) is 11.3 Å². The van der Waals surface area contributed by atoms with Gasteiger partial charge in [-0.3, -0.25) is 4.79 Å². The molecule has 0 saturated carbocycles. The largest absolute Gasteiger partial charge is 0.487 e. The van der Waals surface area contributed by atoms with E-state index in [0.717, 1.165) is 16.3 Å². The van der Waals surface area contributed by atoms with Crippen LogP contribution < -0.4 is 10.1 Å². The van der Waals surface area contributed by atoms with E-state index < -0.39 is 5.82 Å². The molecule has 0 spiro atoms. The van der Waals surface area contributed by atoms with Gasteiger partial charge in [-0.25, -0.2) is 9.37 Å². The molecule has 3 rings (SSSR count). The van der Waals surface area contributed by atoms with E-state index in [1.807, 2.05) is 36.6 Å². The van der Waals surface area contributed by atoms with E-state index in [1.165, 1.54) is 18.2 Å². The number of carbonyl (C=O) groups is 1. The molecule has 26 heavy (non-hydrogen) atoms. The number of benzene rings is 2. The van der Waals surface area contributed by atoms with Gasteiger partial charge in [0.2, 0.25) is 5.91 Å².